The van der Waals surface area contributed by atoms with E-state index in [4.69, 9.17) is 0 Å². The summed E-state index contributed by atoms with van der Waals surface area (Å²) in [7, 11) is -7.98. The first kappa shape index (κ1) is 30.1. The first-order valence-corrected chi connectivity index (χ1v) is 17.9. The third kappa shape index (κ3) is 5.43. The van der Waals surface area contributed by atoms with Crippen molar-refractivity contribution in [1.82, 2.24) is 8.61 Å². The largest absolute Gasteiger partial charge is 0.243 e. The van der Waals surface area contributed by atoms with Crippen molar-refractivity contribution < 1.29 is 16.8 Å². The molecule has 7 rings (SSSR count). The van der Waals surface area contributed by atoms with E-state index in [1.807, 2.05) is 72.8 Å². The van der Waals surface area contributed by atoms with Crippen LogP contribution in [-0.2, 0) is 33.1 Å². The molecule has 6 aromatic rings. The quantitative estimate of drug-likeness (QED) is 0.185. The first-order valence-electron chi connectivity index (χ1n) is 15.0. The minimum absolute atomic E-state index is 0.0542. The van der Waals surface area contributed by atoms with Crippen molar-refractivity contribution >= 4 is 41.6 Å². The van der Waals surface area contributed by atoms with Crippen LogP contribution in [0.2, 0.25) is 0 Å². The van der Waals surface area contributed by atoms with Gasteiger partial charge in [-0.05, 0) is 73.6 Å². The monoisotopic (exact) mass is 644 g/mol. The highest BCUT2D eigenvalue weighted by Crippen LogP contribution is 2.41. The van der Waals surface area contributed by atoms with Crippen LogP contribution in [0.15, 0.2) is 155 Å². The van der Waals surface area contributed by atoms with Crippen molar-refractivity contribution in [2.24, 2.45) is 0 Å². The second-order valence-corrected chi connectivity index (χ2v) is 15.4. The van der Waals surface area contributed by atoms with Crippen molar-refractivity contribution in [3.05, 3.63) is 157 Å². The summed E-state index contributed by atoms with van der Waals surface area (Å²) in [5.41, 5.74) is 3.89. The summed E-state index contributed by atoms with van der Waals surface area (Å²) in [6.45, 7) is 4.27. The lowest BCUT2D eigenvalue weighted by Gasteiger charge is -2.26. The second-order valence-electron chi connectivity index (χ2n) is 11.6. The summed E-state index contributed by atoms with van der Waals surface area (Å²) < 4.78 is 59.9. The third-order valence-electron chi connectivity index (χ3n) is 8.54. The predicted octanol–water partition coefficient (Wildman–Crippen LogP) is 7.61. The molecule has 46 heavy (non-hydrogen) atoms. The van der Waals surface area contributed by atoms with E-state index in [0.717, 1.165) is 43.8 Å². The van der Waals surface area contributed by atoms with Crippen molar-refractivity contribution in [1.29, 1.82) is 0 Å². The minimum atomic E-state index is -3.99. The molecule has 0 saturated heterocycles. The molecule has 0 bridgehead atoms. The lowest BCUT2D eigenvalue weighted by Crippen LogP contribution is -2.37. The Morgan fingerprint density at radius 3 is 1.22 bits per heavy atom. The van der Waals surface area contributed by atoms with Gasteiger partial charge in [0, 0.05) is 26.2 Å². The number of nitrogens with zero attached hydrogens (tertiary/aromatic N) is 2. The normalized spacial score (nSPS) is 15.3. The molecule has 0 fully saturated rings. The Morgan fingerprint density at radius 2 is 0.804 bits per heavy atom. The molecule has 8 heteroatoms. The summed E-state index contributed by atoms with van der Waals surface area (Å²) in [5, 5.41) is 3.94. The number of fused-ring (bicyclic) bond motifs is 7. The van der Waals surface area contributed by atoms with Crippen LogP contribution in [0.1, 0.15) is 11.1 Å². The first-order chi connectivity index (χ1) is 22.2. The molecule has 1 aliphatic heterocycles. The highest BCUT2D eigenvalue weighted by Gasteiger charge is 2.32. The molecule has 0 aromatic heterocycles. The minimum Gasteiger partial charge on any atom is -0.207 e. The fourth-order valence-electron chi connectivity index (χ4n) is 6.35. The zero-order valence-corrected chi connectivity index (χ0v) is 26.7. The predicted molar refractivity (Wildman–Crippen MR) is 184 cm³/mol. The molecule has 0 unspecified atom stereocenters. The van der Waals surface area contributed by atoms with Crippen LogP contribution >= 0.6 is 0 Å². The molecule has 0 radical (unpaired) electrons. The molecule has 1 heterocycles. The number of rotatable bonds is 4. The molecule has 0 N–H and O–H groups in total. The Labute approximate surface area is 270 Å². The van der Waals surface area contributed by atoms with Crippen molar-refractivity contribution in [3.8, 4) is 11.1 Å². The lowest BCUT2D eigenvalue weighted by atomic mass is 9.87. The van der Waals surface area contributed by atoms with Gasteiger partial charge in [0.1, 0.15) is 0 Å². The summed E-state index contributed by atoms with van der Waals surface area (Å²) in [5.74, 6) is 0. The maximum atomic E-state index is 14.3. The number of hydrogen-bond acceptors (Lipinski definition) is 4. The standard InChI is InChI=1S/C38H32N2O4S2/c1-28-24-39(45(41,42)33-14-4-2-5-15-33)26-31-22-20-29-12-8-10-18-35(29)37(31)38-32(23-21-30-13-9-11-19-36(30)38)27-40(25-28)46(43,44)34-16-6-3-7-17-34/h2-23H,1,24-27H2. The van der Waals surface area contributed by atoms with E-state index in [9.17, 15) is 16.8 Å². The van der Waals surface area contributed by atoms with Gasteiger partial charge >= 0.3 is 0 Å². The molecule has 0 saturated carbocycles. The van der Waals surface area contributed by atoms with Crippen molar-refractivity contribution in [2.45, 2.75) is 22.9 Å². The second kappa shape index (κ2) is 12.0. The van der Waals surface area contributed by atoms with Crippen LogP contribution in [-0.4, -0.2) is 38.5 Å². The molecule has 1 aliphatic rings. The van der Waals surface area contributed by atoms with E-state index in [0.29, 0.717) is 5.57 Å². The Bertz CT molecular complexity index is 2160. The van der Waals surface area contributed by atoms with Crippen LogP contribution in [0.25, 0.3) is 32.7 Å². The zero-order valence-electron chi connectivity index (χ0n) is 25.1. The van der Waals surface area contributed by atoms with E-state index in [1.165, 1.54) is 8.61 Å². The van der Waals surface area contributed by atoms with Crippen LogP contribution in [0, 0.1) is 0 Å². The molecule has 6 nitrogen and oxygen atoms in total. The Balaban J connectivity index is 1.54. The Hall–Kier alpha value is -4.60. The van der Waals surface area contributed by atoms with Gasteiger partial charge in [0.15, 0.2) is 0 Å². The molecule has 6 aromatic carbocycles. The van der Waals surface area contributed by atoms with Crippen LogP contribution in [0.3, 0.4) is 0 Å². The topological polar surface area (TPSA) is 74.8 Å². The van der Waals surface area contributed by atoms with Crippen molar-refractivity contribution in [3.63, 3.8) is 0 Å². The number of sulfonamides is 2. The highest BCUT2D eigenvalue weighted by molar-refractivity contribution is 7.89. The summed E-state index contributed by atoms with van der Waals surface area (Å²) >= 11 is 0. The smallest absolute Gasteiger partial charge is 0.207 e. The highest BCUT2D eigenvalue weighted by atomic mass is 32.2. The summed E-state index contributed by atoms with van der Waals surface area (Å²) in [6, 6.07) is 40.8. The molecule has 230 valence electrons. The van der Waals surface area contributed by atoms with Gasteiger partial charge in [-0.15, -0.1) is 0 Å². The van der Waals surface area contributed by atoms with E-state index in [1.54, 1.807) is 60.7 Å². The van der Waals surface area contributed by atoms with Gasteiger partial charge in [-0.25, -0.2) is 16.8 Å². The van der Waals surface area contributed by atoms with Gasteiger partial charge in [0.2, 0.25) is 20.0 Å². The maximum absolute atomic E-state index is 14.3. The maximum Gasteiger partial charge on any atom is 0.243 e. The third-order valence-corrected chi connectivity index (χ3v) is 12.1. The Kier molecular flexibility index (Phi) is 7.82. The molecular weight excluding hydrogens is 613 g/mol. The number of hydrogen-bond donors (Lipinski definition) is 0. The van der Waals surface area contributed by atoms with Crippen LogP contribution < -0.4 is 0 Å². The van der Waals surface area contributed by atoms with E-state index < -0.39 is 20.0 Å². The number of benzene rings is 6. The zero-order chi connectivity index (χ0) is 31.9. The fraction of sp³-hybridized carbons (Fsp3) is 0.105. The van der Waals surface area contributed by atoms with Gasteiger partial charge in [-0.1, -0.05) is 116 Å². The lowest BCUT2D eigenvalue weighted by molar-refractivity contribution is 0.399. The molecule has 0 atom stereocenters. The van der Waals surface area contributed by atoms with Gasteiger partial charge in [0.05, 0.1) is 9.79 Å². The average molecular weight is 645 g/mol. The molecule has 0 aliphatic carbocycles. The Morgan fingerprint density at radius 1 is 0.435 bits per heavy atom. The molecule has 0 spiro atoms. The molecular formula is C38H32N2O4S2. The van der Waals surface area contributed by atoms with Gasteiger partial charge in [-0.2, -0.15) is 8.61 Å². The van der Waals surface area contributed by atoms with Gasteiger partial charge < -0.3 is 0 Å². The average Bonchev–Trinajstić information content (AvgIpc) is 3.10. The van der Waals surface area contributed by atoms with Crippen LogP contribution in [0.4, 0.5) is 0 Å². The molecule has 0 amide bonds. The van der Waals surface area contributed by atoms with E-state index in [2.05, 4.69) is 6.58 Å². The SMILES string of the molecule is C=C1CN(S(=O)(=O)c2ccccc2)Cc2ccc3ccccc3c2-c2c(ccc3ccccc23)CN(S(=O)(=O)c2ccccc2)C1. The van der Waals surface area contributed by atoms with E-state index in [-0.39, 0.29) is 36.0 Å². The van der Waals surface area contributed by atoms with Gasteiger partial charge in [0.25, 0.3) is 0 Å². The van der Waals surface area contributed by atoms with Crippen LogP contribution in [0.5, 0.6) is 0 Å². The van der Waals surface area contributed by atoms with Gasteiger partial charge in [-0.3, -0.25) is 0 Å². The fourth-order valence-corrected chi connectivity index (χ4v) is 9.27. The van der Waals surface area contributed by atoms with E-state index >= 15 is 0 Å². The summed E-state index contributed by atoms with van der Waals surface area (Å²) in [6.07, 6.45) is 0. The summed E-state index contributed by atoms with van der Waals surface area (Å²) in [4.78, 5) is 0.333. The van der Waals surface area contributed by atoms with Crippen molar-refractivity contribution in [2.75, 3.05) is 13.1 Å².